The summed E-state index contributed by atoms with van der Waals surface area (Å²) in [6, 6.07) is 0.490. The number of hydrogen-bond donors (Lipinski definition) is 1. The Labute approximate surface area is 155 Å². The molecule has 7 heteroatoms. The minimum absolute atomic E-state index is 0.139. The molecule has 0 bridgehead atoms. The quantitative estimate of drug-likeness (QED) is 0.669. The van der Waals surface area contributed by atoms with E-state index in [4.69, 9.17) is 0 Å². The number of alkyl halides is 3. The average molecular weight is 377 g/mol. The Hall–Kier alpha value is -0.820. The first-order chi connectivity index (χ1) is 12.4. The summed E-state index contributed by atoms with van der Waals surface area (Å²) in [6.07, 6.45) is 1.28. The zero-order valence-electron chi connectivity index (χ0n) is 16.0. The third-order valence-electron chi connectivity index (χ3n) is 5.86. The Morgan fingerprint density at radius 3 is 2.54 bits per heavy atom. The van der Waals surface area contributed by atoms with Crippen LogP contribution in [-0.2, 0) is 4.79 Å². The molecule has 1 N–H and O–H groups in total. The highest BCUT2D eigenvalue weighted by atomic mass is 19.4. The molecular formula is C19H34F3N3O. The van der Waals surface area contributed by atoms with Crippen LogP contribution in [0.3, 0.4) is 0 Å². The lowest BCUT2D eigenvalue weighted by Gasteiger charge is -2.32. The summed E-state index contributed by atoms with van der Waals surface area (Å²) in [6.45, 7) is 7.35. The highest BCUT2D eigenvalue weighted by Gasteiger charge is 2.27. The second-order valence-corrected chi connectivity index (χ2v) is 7.77. The molecule has 2 aliphatic heterocycles. The number of carbonyl (C=O) groups is 1. The van der Waals surface area contributed by atoms with Gasteiger partial charge in [-0.1, -0.05) is 6.92 Å². The van der Waals surface area contributed by atoms with Gasteiger partial charge >= 0.3 is 6.18 Å². The molecule has 4 nitrogen and oxygen atoms in total. The van der Waals surface area contributed by atoms with E-state index in [1.165, 1.54) is 12.8 Å². The van der Waals surface area contributed by atoms with Crippen molar-refractivity contribution in [2.24, 2.45) is 5.92 Å². The van der Waals surface area contributed by atoms with E-state index in [1.54, 1.807) is 0 Å². The molecule has 0 aromatic heterocycles. The maximum atomic E-state index is 12.2. The number of rotatable bonds is 9. The van der Waals surface area contributed by atoms with E-state index < -0.39 is 12.6 Å². The number of likely N-dealkylation sites (tertiary alicyclic amines) is 2. The van der Waals surface area contributed by atoms with Gasteiger partial charge in [-0.2, -0.15) is 13.2 Å². The molecule has 1 amide bonds. The Balaban J connectivity index is 1.53. The molecule has 0 aromatic rings. The van der Waals surface area contributed by atoms with Gasteiger partial charge in [-0.05, 0) is 77.2 Å². The van der Waals surface area contributed by atoms with E-state index in [9.17, 15) is 18.0 Å². The van der Waals surface area contributed by atoms with Gasteiger partial charge in [0.1, 0.15) is 0 Å². The number of nitrogens with zero attached hydrogens (tertiary/aromatic N) is 2. The number of halogens is 3. The van der Waals surface area contributed by atoms with Gasteiger partial charge in [-0.15, -0.1) is 0 Å². The van der Waals surface area contributed by atoms with Crippen molar-refractivity contribution in [3.05, 3.63) is 0 Å². The fourth-order valence-electron chi connectivity index (χ4n) is 4.20. The lowest BCUT2D eigenvalue weighted by molar-refractivity contribution is -0.136. The fourth-order valence-corrected chi connectivity index (χ4v) is 4.20. The number of likely N-dealkylation sites (N-methyl/N-ethyl adjacent to an activating group) is 1. The maximum absolute atomic E-state index is 12.2. The van der Waals surface area contributed by atoms with Gasteiger partial charge in [-0.3, -0.25) is 9.69 Å². The van der Waals surface area contributed by atoms with Gasteiger partial charge in [0, 0.05) is 25.4 Å². The van der Waals surface area contributed by atoms with Gasteiger partial charge in [0.05, 0.1) is 0 Å². The first-order valence-electron chi connectivity index (χ1n) is 10.2. The van der Waals surface area contributed by atoms with Crippen LogP contribution in [0.5, 0.6) is 0 Å². The predicted octanol–water partition coefficient (Wildman–Crippen LogP) is 3.42. The van der Waals surface area contributed by atoms with Gasteiger partial charge in [0.25, 0.3) is 0 Å². The van der Waals surface area contributed by atoms with Crippen LogP contribution in [0.25, 0.3) is 0 Å². The summed E-state index contributed by atoms with van der Waals surface area (Å²) in [5.74, 6) is 0.666. The lowest BCUT2D eigenvalue weighted by Crippen LogP contribution is -2.40. The topological polar surface area (TPSA) is 35.6 Å². The predicted molar refractivity (Wildman–Crippen MR) is 97.0 cm³/mol. The summed E-state index contributed by atoms with van der Waals surface area (Å²) in [4.78, 5) is 16.6. The Bertz CT molecular complexity index is 423. The van der Waals surface area contributed by atoms with Crippen molar-refractivity contribution in [2.45, 2.75) is 70.5 Å². The highest BCUT2D eigenvalue weighted by Crippen LogP contribution is 2.24. The number of amides is 1. The van der Waals surface area contributed by atoms with Gasteiger partial charge in [-0.25, -0.2) is 0 Å². The Kier molecular flexibility index (Phi) is 8.67. The third kappa shape index (κ3) is 7.82. The summed E-state index contributed by atoms with van der Waals surface area (Å²) in [5.41, 5.74) is 0. The summed E-state index contributed by atoms with van der Waals surface area (Å²) >= 11 is 0. The second-order valence-electron chi connectivity index (χ2n) is 7.77. The lowest BCUT2D eigenvalue weighted by atomic mass is 9.92. The highest BCUT2D eigenvalue weighted by molar-refractivity contribution is 5.75. The van der Waals surface area contributed by atoms with E-state index in [1.807, 2.05) is 0 Å². The van der Waals surface area contributed by atoms with Crippen molar-refractivity contribution in [3.8, 4) is 0 Å². The van der Waals surface area contributed by atoms with Crippen molar-refractivity contribution in [1.82, 2.24) is 15.1 Å². The minimum Gasteiger partial charge on any atom is -0.355 e. The molecule has 0 radical (unpaired) electrons. The first kappa shape index (κ1) is 21.5. The minimum atomic E-state index is -4.04. The third-order valence-corrected chi connectivity index (χ3v) is 5.86. The van der Waals surface area contributed by atoms with Crippen LogP contribution >= 0.6 is 0 Å². The molecule has 0 aliphatic carbocycles. The monoisotopic (exact) mass is 377 g/mol. The maximum Gasteiger partial charge on any atom is 0.389 e. The van der Waals surface area contributed by atoms with E-state index in [2.05, 4.69) is 22.0 Å². The van der Waals surface area contributed by atoms with Crippen molar-refractivity contribution in [3.63, 3.8) is 0 Å². The molecular weight excluding hydrogens is 343 g/mol. The van der Waals surface area contributed by atoms with Crippen LogP contribution in [0.15, 0.2) is 0 Å². The molecule has 2 heterocycles. The molecule has 0 spiro atoms. The largest absolute Gasteiger partial charge is 0.389 e. The van der Waals surface area contributed by atoms with Gasteiger partial charge in [0.2, 0.25) is 5.91 Å². The normalized spacial score (nSPS) is 23.5. The summed E-state index contributed by atoms with van der Waals surface area (Å²) in [7, 11) is 0. The van der Waals surface area contributed by atoms with Crippen LogP contribution in [0.2, 0.25) is 0 Å². The zero-order valence-corrected chi connectivity index (χ0v) is 16.0. The van der Waals surface area contributed by atoms with E-state index in [0.29, 0.717) is 24.9 Å². The van der Waals surface area contributed by atoms with Crippen molar-refractivity contribution in [2.75, 3.05) is 39.3 Å². The smallest absolute Gasteiger partial charge is 0.355 e. The standard InChI is InChI=1S/C19H34F3N3O/c1-2-25-12-3-5-17(25)15-23-18(26)7-6-16-8-13-24(14-9-16)11-4-10-19(20,21)22/h16-17H,2-15H2,1H3,(H,23,26). The SMILES string of the molecule is CCN1CCCC1CNC(=O)CCC1CCN(CCCC(F)(F)F)CC1. The molecule has 26 heavy (non-hydrogen) atoms. The van der Waals surface area contributed by atoms with Gasteiger partial charge in [0.15, 0.2) is 0 Å². The van der Waals surface area contributed by atoms with Crippen molar-refractivity contribution < 1.29 is 18.0 Å². The zero-order chi connectivity index (χ0) is 19.0. The number of nitrogens with one attached hydrogen (secondary N) is 1. The van der Waals surface area contributed by atoms with Gasteiger partial charge < -0.3 is 10.2 Å². The number of piperidine rings is 1. The molecule has 2 saturated heterocycles. The van der Waals surface area contributed by atoms with Crippen LogP contribution in [0.4, 0.5) is 13.2 Å². The molecule has 0 saturated carbocycles. The molecule has 2 rings (SSSR count). The molecule has 1 unspecified atom stereocenters. The van der Waals surface area contributed by atoms with E-state index in [0.717, 1.165) is 52.0 Å². The second kappa shape index (κ2) is 10.5. The summed E-state index contributed by atoms with van der Waals surface area (Å²) < 4.78 is 36.6. The van der Waals surface area contributed by atoms with Crippen molar-refractivity contribution >= 4 is 5.91 Å². The molecule has 2 aliphatic rings. The van der Waals surface area contributed by atoms with Crippen LogP contribution in [-0.4, -0.2) is 67.2 Å². The van der Waals surface area contributed by atoms with Crippen LogP contribution in [0, 0.1) is 5.92 Å². The molecule has 0 aromatic carbocycles. The van der Waals surface area contributed by atoms with E-state index >= 15 is 0 Å². The number of hydrogen-bond acceptors (Lipinski definition) is 3. The average Bonchev–Trinajstić information content (AvgIpc) is 3.05. The molecule has 152 valence electrons. The van der Waals surface area contributed by atoms with Crippen LogP contribution < -0.4 is 5.32 Å². The fraction of sp³-hybridized carbons (Fsp3) is 0.947. The molecule has 2 fully saturated rings. The molecule has 1 atom stereocenters. The summed E-state index contributed by atoms with van der Waals surface area (Å²) in [5, 5.41) is 3.08. The van der Waals surface area contributed by atoms with E-state index in [-0.39, 0.29) is 12.3 Å². The first-order valence-corrected chi connectivity index (χ1v) is 10.2. The Morgan fingerprint density at radius 2 is 1.88 bits per heavy atom. The van der Waals surface area contributed by atoms with Crippen molar-refractivity contribution in [1.29, 1.82) is 0 Å². The Morgan fingerprint density at radius 1 is 1.15 bits per heavy atom. The van der Waals surface area contributed by atoms with Crippen LogP contribution in [0.1, 0.15) is 58.3 Å². The number of carbonyl (C=O) groups excluding carboxylic acids is 1.